The van der Waals surface area contributed by atoms with Crippen molar-refractivity contribution in [2.75, 3.05) is 46.2 Å². The number of amides is 1. The molecule has 0 saturated heterocycles. The normalized spacial score (nSPS) is 10.8. The number of carbonyl (C=O) groups excluding carboxylic acids is 2. The third-order valence-electron chi connectivity index (χ3n) is 7.03. The largest absolute Gasteiger partial charge is 0.545 e. The average Bonchev–Trinajstić information content (AvgIpc) is 2.96. The third-order valence-corrected chi connectivity index (χ3v) is 7.03. The average molecular weight is 555 g/mol. The SMILES string of the molecule is CN(C)c1ccc2c(-c3cc(C(=O)NCCCCCCN=[N+]=[N-])ccc3C(=O)[O-])c3ccc(=[N+](C)C)cc-3oc2c1. The molecule has 0 unspecified atom stereocenters. The van der Waals surface area contributed by atoms with Crippen LogP contribution in [-0.4, -0.2) is 53.2 Å². The Labute approximate surface area is 238 Å². The van der Waals surface area contributed by atoms with Gasteiger partial charge in [0.05, 0.1) is 12.0 Å². The van der Waals surface area contributed by atoms with Crippen molar-refractivity contribution in [3.8, 4) is 22.5 Å². The van der Waals surface area contributed by atoms with Gasteiger partial charge in [0.15, 0.2) is 0 Å². The number of carboxylic acids is 1. The maximum absolute atomic E-state index is 13.1. The number of rotatable bonds is 11. The molecule has 10 nitrogen and oxygen atoms in total. The molecular formula is C31H34N6O4. The molecule has 2 aromatic rings. The first-order valence-electron chi connectivity index (χ1n) is 13.5. The number of azide groups is 1. The molecule has 4 rings (SSSR count). The highest BCUT2D eigenvalue weighted by atomic mass is 16.4. The summed E-state index contributed by atoms with van der Waals surface area (Å²) in [5, 5.41) is 20.4. The van der Waals surface area contributed by atoms with Crippen molar-refractivity contribution in [1.82, 2.24) is 9.89 Å². The summed E-state index contributed by atoms with van der Waals surface area (Å²) in [6.07, 6.45) is 3.39. The van der Waals surface area contributed by atoms with Crippen LogP contribution in [0, 0.1) is 0 Å². The van der Waals surface area contributed by atoms with Crippen molar-refractivity contribution in [1.29, 1.82) is 0 Å². The maximum atomic E-state index is 13.1. The fourth-order valence-corrected chi connectivity index (χ4v) is 4.79. The molecule has 2 aromatic carbocycles. The Hall–Kier alpha value is -4.82. The second-order valence-electron chi connectivity index (χ2n) is 10.3. The van der Waals surface area contributed by atoms with Crippen LogP contribution in [-0.2, 0) is 0 Å². The Bertz CT molecular complexity index is 1680. The van der Waals surface area contributed by atoms with Crippen LogP contribution in [0.25, 0.3) is 43.9 Å². The molecule has 10 heteroatoms. The van der Waals surface area contributed by atoms with E-state index in [1.807, 2.05) is 74.1 Å². The van der Waals surface area contributed by atoms with Crippen LogP contribution in [0.1, 0.15) is 46.4 Å². The van der Waals surface area contributed by atoms with Crippen molar-refractivity contribution in [2.45, 2.75) is 25.7 Å². The van der Waals surface area contributed by atoms with Crippen LogP contribution in [0.4, 0.5) is 5.69 Å². The van der Waals surface area contributed by atoms with Crippen LogP contribution in [0.5, 0.6) is 0 Å². The highest BCUT2D eigenvalue weighted by molar-refractivity contribution is 6.09. The van der Waals surface area contributed by atoms with Gasteiger partial charge in [-0.1, -0.05) is 24.0 Å². The van der Waals surface area contributed by atoms with E-state index < -0.39 is 5.97 Å². The second-order valence-corrected chi connectivity index (χ2v) is 10.3. The fraction of sp³-hybridized carbons (Fsp3) is 0.323. The number of nitrogens with one attached hydrogen (secondary N) is 1. The molecule has 0 radical (unpaired) electrons. The molecule has 0 spiro atoms. The molecule has 0 aromatic heterocycles. The Morgan fingerprint density at radius 2 is 1.78 bits per heavy atom. The molecule has 1 aliphatic carbocycles. The zero-order valence-corrected chi connectivity index (χ0v) is 23.8. The molecule has 212 valence electrons. The summed E-state index contributed by atoms with van der Waals surface area (Å²) in [7, 11) is 7.75. The van der Waals surface area contributed by atoms with Gasteiger partial charge < -0.3 is 24.5 Å². The van der Waals surface area contributed by atoms with Gasteiger partial charge >= 0.3 is 0 Å². The van der Waals surface area contributed by atoms with E-state index in [0.717, 1.165) is 47.7 Å². The van der Waals surface area contributed by atoms with Crippen LogP contribution >= 0.6 is 0 Å². The standard InChI is InChI=1S/C31H34N6O4/c1-36(2)21-10-13-24-27(18-21)41-28-19-22(37(3)4)11-14-25(28)29(24)26-17-20(9-12-23(26)31(39)40)30(38)33-15-7-5-6-8-16-34-35-32/h9-14,17-19H,5-8,15-16H2,1-4H3,(H-,33,38,39,40). The summed E-state index contributed by atoms with van der Waals surface area (Å²) >= 11 is 0. The Morgan fingerprint density at radius 3 is 2.49 bits per heavy atom. The van der Waals surface area contributed by atoms with E-state index in [4.69, 9.17) is 9.95 Å². The highest BCUT2D eigenvalue weighted by Crippen LogP contribution is 2.42. The number of fused-ring (bicyclic) bond motifs is 2. The van der Waals surface area contributed by atoms with Gasteiger partial charge in [-0.05, 0) is 54.3 Å². The number of hydrogen-bond donors (Lipinski definition) is 1. The zero-order valence-electron chi connectivity index (χ0n) is 23.8. The van der Waals surface area contributed by atoms with E-state index in [-0.39, 0.29) is 11.5 Å². The number of hydrogen-bond acceptors (Lipinski definition) is 6. The van der Waals surface area contributed by atoms with Crippen molar-refractivity contribution >= 4 is 28.5 Å². The smallest absolute Gasteiger partial charge is 0.251 e. The molecule has 1 N–H and O–H groups in total. The molecule has 0 saturated carbocycles. The number of benzene rings is 3. The first-order chi connectivity index (χ1) is 19.7. The van der Waals surface area contributed by atoms with Gasteiger partial charge in [-0.25, -0.2) is 4.58 Å². The number of nitrogens with zero attached hydrogens (tertiary/aromatic N) is 5. The van der Waals surface area contributed by atoms with Gasteiger partial charge in [0.1, 0.15) is 25.4 Å². The van der Waals surface area contributed by atoms with Crippen LogP contribution in [0.2, 0.25) is 0 Å². The van der Waals surface area contributed by atoms with Crippen molar-refractivity contribution < 1.29 is 19.1 Å². The van der Waals surface area contributed by atoms with Gasteiger partial charge in [-0.2, -0.15) is 0 Å². The minimum absolute atomic E-state index is 0.0104. The van der Waals surface area contributed by atoms with Crippen LogP contribution < -0.4 is 25.3 Å². The zero-order chi connectivity index (χ0) is 29.5. The lowest BCUT2D eigenvalue weighted by Gasteiger charge is -2.20. The molecule has 41 heavy (non-hydrogen) atoms. The molecular weight excluding hydrogens is 520 g/mol. The first kappa shape index (κ1) is 29.2. The van der Waals surface area contributed by atoms with Crippen molar-refractivity contribution in [3.63, 3.8) is 0 Å². The Balaban J connectivity index is 1.78. The monoisotopic (exact) mass is 554 g/mol. The van der Waals surface area contributed by atoms with Crippen LogP contribution in [0.15, 0.2) is 64.1 Å². The summed E-state index contributed by atoms with van der Waals surface area (Å²) in [5.41, 5.74) is 12.0. The summed E-state index contributed by atoms with van der Waals surface area (Å²) in [4.78, 5) is 30.1. The second kappa shape index (κ2) is 13.0. The number of carboxylic acid groups (broad SMARTS) is 1. The number of unbranched alkanes of at least 4 members (excludes halogenated alkanes) is 3. The molecule has 1 amide bonds. The predicted molar refractivity (Wildman–Crippen MR) is 159 cm³/mol. The maximum Gasteiger partial charge on any atom is 0.251 e. The summed E-state index contributed by atoms with van der Waals surface area (Å²) < 4.78 is 8.32. The number of aromatic carboxylic acids is 1. The van der Waals surface area contributed by atoms with Gasteiger partial charge in [0.25, 0.3) is 5.91 Å². The third kappa shape index (κ3) is 6.67. The topological polar surface area (TPSA) is 137 Å². The summed E-state index contributed by atoms with van der Waals surface area (Å²) in [6.45, 7) is 0.952. The molecule has 0 fully saturated rings. The van der Waals surface area contributed by atoms with Gasteiger partial charge in [0, 0.05) is 77.6 Å². The lowest BCUT2D eigenvalue weighted by molar-refractivity contribution is -0.254. The Morgan fingerprint density at radius 1 is 1.00 bits per heavy atom. The highest BCUT2D eigenvalue weighted by Gasteiger charge is 2.22. The van der Waals surface area contributed by atoms with Crippen LogP contribution in [0.3, 0.4) is 0 Å². The number of carbonyl (C=O) groups is 2. The summed E-state index contributed by atoms with van der Waals surface area (Å²) in [6, 6.07) is 16.1. The van der Waals surface area contributed by atoms with E-state index in [0.29, 0.717) is 41.1 Å². The van der Waals surface area contributed by atoms with E-state index in [1.165, 1.54) is 12.1 Å². The van der Waals surface area contributed by atoms with Crippen molar-refractivity contribution in [2.24, 2.45) is 5.11 Å². The lowest BCUT2D eigenvalue weighted by atomic mass is 9.89. The van der Waals surface area contributed by atoms with Gasteiger partial charge in [-0.15, -0.1) is 0 Å². The van der Waals surface area contributed by atoms with E-state index in [2.05, 4.69) is 15.3 Å². The van der Waals surface area contributed by atoms with Gasteiger partial charge in [0.2, 0.25) is 5.36 Å². The first-order valence-corrected chi connectivity index (χ1v) is 13.5. The summed E-state index contributed by atoms with van der Waals surface area (Å²) in [5.74, 6) is -1.02. The van der Waals surface area contributed by atoms with E-state index >= 15 is 0 Å². The minimum atomic E-state index is -1.33. The van der Waals surface area contributed by atoms with Crippen molar-refractivity contribution in [3.05, 3.63) is 81.5 Å². The molecule has 0 bridgehead atoms. The fourth-order valence-electron chi connectivity index (χ4n) is 4.79. The Kier molecular flexibility index (Phi) is 9.26. The van der Waals surface area contributed by atoms with Gasteiger partial charge in [-0.3, -0.25) is 4.79 Å². The number of anilines is 1. The van der Waals surface area contributed by atoms with E-state index in [9.17, 15) is 14.7 Å². The molecule has 2 aliphatic rings. The quantitative estimate of drug-likeness (QED) is 0.0737. The molecule has 1 aliphatic heterocycles. The minimum Gasteiger partial charge on any atom is -0.545 e. The molecule has 1 heterocycles. The molecule has 0 atom stereocenters. The lowest BCUT2D eigenvalue weighted by Crippen LogP contribution is -2.26. The predicted octanol–water partition coefficient (Wildman–Crippen LogP) is 4.27. The van der Waals surface area contributed by atoms with E-state index in [1.54, 1.807) is 6.07 Å².